The third kappa shape index (κ3) is 1.99. The van der Waals surface area contributed by atoms with Crippen molar-refractivity contribution < 1.29 is 23.1 Å². The van der Waals surface area contributed by atoms with Crippen molar-refractivity contribution in [1.82, 2.24) is 9.78 Å². The van der Waals surface area contributed by atoms with Crippen LogP contribution in [-0.4, -0.2) is 20.9 Å². The number of carboxylic acid groups (broad SMARTS) is 1. The molecule has 0 fully saturated rings. The van der Waals surface area contributed by atoms with Crippen molar-refractivity contribution >= 4 is 5.97 Å². The third-order valence-electron chi connectivity index (χ3n) is 2.04. The van der Waals surface area contributed by atoms with Crippen LogP contribution in [0.25, 0.3) is 5.69 Å². The largest absolute Gasteiger partial charge is 0.476 e. The van der Waals surface area contributed by atoms with E-state index in [0.717, 1.165) is 16.9 Å². The first-order valence-corrected chi connectivity index (χ1v) is 4.43. The minimum Gasteiger partial charge on any atom is -0.476 e. The van der Waals surface area contributed by atoms with E-state index in [1.165, 1.54) is 0 Å². The van der Waals surface area contributed by atoms with E-state index in [9.17, 15) is 18.0 Å². The number of aromatic nitrogens is 2. The highest BCUT2D eigenvalue weighted by molar-refractivity contribution is 5.85. The van der Waals surface area contributed by atoms with Crippen molar-refractivity contribution in [3.63, 3.8) is 0 Å². The third-order valence-corrected chi connectivity index (χ3v) is 2.04. The first kappa shape index (κ1) is 11.2. The molecule has 2 aromatic rings. The van der Waals surface area contributed by atoms with Gasteiger partial charge in [0, 0.05) is 18.3 Å². The highest BCUT2D eigenvalue weighted by atomic mass is 19.2. The lowest BCUT2D eigenvalue weighted by Crippen LogP contribution is -2.04. The van der Waals surface area contributed by atoms with E-state index < -0.39 is 23.4 Å². The van der Waals surface area contributed by atoms with Crippen molar-refractivity contribution in [3.8, 4) is 5.69 Å². The average molecular weight is 242 g/mol. The summed E-state index contributed by atoms with van der Waals surface area (Å²) in [7, 11) is 0. The van der Waals surface area contributed by atoms with Gasteiger partial charge in [-0.1, -0.05) is 0 Å². The van der Waals surface area contributed by atoms with Gasteiger partial charge in [-0.25, -0.2) is 22.6 Å². The standard InChI is InChI=1S/C10H5F3N2O2/c11-5-3-7(13)9(4-6(5)12)15-2-1-8(14-15)10(16)17/h1-4H,(H,16,17). The zero-order chi connectivity index (χ0) is 12.6. The fraction of sp³-hybridized carbons (Fsp3) is 0. The molecule has 2 rings (SSSR count). The highest BCUT2D eigenvalue weighted by Gasteiger charge is 2.14. The maximum Gasteiger partial charge on any atom is 0.356 e. The van der Waals surface area contributed by atoms with Gasteiger partial charge in [-0.05, 0) is 6.07 Å². The van der Waals surface area contributed by atoms with E-state index in [0.29, 0.717) is 12.1 Å². The summed E-state index contributed by atoms with van der Waals surface area (Å²) in [4.78, 5) is 10.5. The minimum absolute atomic E-state index is 0.325. The van der Waals surface area contributed by atoms with Crippen LogP contribution in [-0.2, 0) is 0 Å². The minimum atomic E-state index is -1.32. The second kappa shape index (κ2) is 3.93. The number of nitrogens with zero attached hydrogens (tertiary/aromatic N) is 2. The molecule has 1 heterocycles. The molecule has 0 radical (unpaired) electrons. The Bertz CT molecular complexity index is 595. The summed E-state index contributed by atoms with van der Waals surface area (Å²) in [6.07, 6.45) is 1.14. The average Bonchev–Trinajstić information content (AvgIpc) is 2.72. The molecule has 0 saturated heterocycles. The van der Waals surface area contributed by atoms with Crippen molar-refractivity contribution in [1.29, 1.82) is 0 Å². The summed E-state index contributed by atoms with van der Waals surface area (Å²) in [6, 6.07) is 2.08. The van der Waals surface area contributed by atoms with Crippen LogP contribution in [0.3, 0.4) is 0 Å². The molecule has 0 amide bonds. The van der Waals surface area contributed by atoms with E-state index in [-0.39, 0.29) is 11.4 Å². The number of rotatable bonds is 2. The van der Waals surface area contributed by atoms with Gasteiger partial charge in [0.1, 0.15) is 5.69 Å². The summed E-state index contributed by atoms with van der Waals surface area (Å²) < 4.78 is 39.7. The van der Waals surface area contributed by atoms with E-state index in [1.54, 1.807) is 0 Å². The predicted octanol–water partition coefficient (Wildman–Crippen LogP) is 1.99. The van der Waals surface area contributed by atoms with Gasteiger partial charge in [0.05, 0.1) is 0 Å². The van der Waals surface area contributed by atoms with Crippen LogP contribution in [0.4, 0.5) is 13.2 Å². The lowest BCUT2D eigenvalue weighted by molar-refractivity contribution is 0.0690. The summed E-state index contributed by atoms with van der Waals surface area (Å²) in [5.74, 6) is -4.90. The molecular weight excluding hydrogens is 237 g/mol. The smallest absolute Gasteiger partial charge is 0.356 e. The number of aromatic carboxylic acids is 1. The summed E-state index contributed by atoms with van der Waals surface area (Å²) in [5.41, 5.74) is -0.689. The molecule has 0 atom stereocenters. The van der Waals surface area contributed by atoms with Gasteiger partial charge < -0.3 is 5.11 Å². The predicted molar refractivity (Wildman–Crippen MR) is 50.4 cm³/mol. The Morgan fingerprint density at radius 1 is 1.18 bits per heavy atom. The van der Waals surface area contributed by atoms with Crippen LogP contribution in [0.2, 0.25) is 0 Å². The summed E-state index contributed by atoms with van der Waals surface area (Å²) >= 11 is 0. The number of hydrogen-bond donors (Lipinski definition) is 1. The fourth-order valence-electron chi connectivity index (χ4n) is 1.26. The molecule has 0 aliphatic heterocycles. The fourth-order valence-corrected chi connectivity index (χ4v) is 1.26. The summed E-state index contributed by atoms with van der Waals surface area (Å²) in [5, 5.41) is 12.1. The Hall–Kier alpha value is -2.31. The molecule has 17 heavy (non-hydrogen) atoms. The Labute approximate surface area is 92.9 Å². The topological polar surface area (TPSA) is 55.1 Å². The molecule has 0 unspecified atom stereocenters. The van der Waals surface area contributed by atoms with Crippen LogP contribution in [0.15, 0.2) is 24.4 Å². The summed E-state index contributed by atoms with van der Waals surface area (Å²) in [6.45, 7) is 0. The molecule has 1 N–H and O–H groups in total. The highest BCUT2D eigenvalue weighted by Crippen LogP contribution is 2.17. The van der Waals surface area contributed by atoms with Crippen LogP contribution in [0.1, 0.15) is 10.5 Å². The molecule has 0 aliphatic rings. The van der Waals surface area contributed by atoms with Gasteiger partial charge in [-0.2, -0.15) is 5.10 Å². The van der Waals surface area contributed by atoms with Gasteiger partial charge in [0.2, 0.25) is 0 Å². The zero-order valence-corrected chi connectivity index (χ0v) is 8.19. The second-order valence-corrected chi connectivity index (χ2v) is 3.17. The van der Waals surface area contributed by atoms with Crippen LogP contribution >= 0.6 is 0 Å². The number of carboxylic acids is 1. The molecule has 4 nitrogen and oxygen atoms in total. The lowest BCUT2D eigenvalue weighted by atomic mass is 10.3. The second-order valence-electron chi connectivity index (χ2n) is 3.17. The van der Waals surface area contributed by atoms with E-state index in [2.05, 4.69) is 5.10 Å². The molecule has 1 aromatic heterocycles. The molecule has 1 aromatic carbocycles. The normalized spacial score (nSPS) is 10.5. The van der Waals surface area contributed by atoms with Crippen LogP contribution in [0, 0.1) is 17.5 Å². The molecular formula is C10H5F3N2O2. The van der Waals surface area contributed by atoms with Crippen molar-refractivity contribution in [2.75, 3.05) is 0 Å². The SMILES string of the molecule is O=C(O)c1ccn(-c2cc(F)c(F)cc2F)n1. The maximum absolute atomic E-state index is 13.3. The van der Waals surface area contributed by atoms with Crippen LogP contribution in [0.5, 0.6) is 0 Å². The van der Waals surface area contributed by atoms with Crippen LogP contribution < -0.4 is 0 Å². The number of carbonyl (C=O) groups is 1. The Balaban J connectivity index is 2.52. The molecule has 88 valence electrons. The quantitative estimate of drug-likeness (QED) is 0.819. The molecule has 0 bridgehead atoms. The van der Waals surface area contributed by atoms with Crippen molar-refractivity contribution in [2.45, 2.75) is 0 Å². The van der Waals surface area contributed by atoms with Crippen molar-refractivity contribution in [3.05, 3.63) is 47.5 Å². The van der Waals surface area contributed by atoms with Gasteiger partial charge in [0.15, 0.2) is 23.1 Å². The molecule has 7 heteroatoms. The first-order chi connectivity index (χ1) is 7.99. The number of hydrogen-bond acceptors (Lipinski definition) is 2. The van der Waals surface area contributed by atoms with Gasteiger partial charge in [-0.3, -0.25) is 0 Å². The van der Waals surface area contributed by atoms with Crippen molar-refractivity contribution in [2.24, 2.45) is 0 Å². The van der Waals surface area contributed by atoms with E-state index in [4.69, 9.17) is 5.11 Å². The molecule has 0 saturated carbocycles. The van der Waals surface area contributed by atoms with Gasteiger partial charge in [-0.15, -0.1) is 0 Å². The lowest BCUT2D eigenvalue weighted by Gasteiger charge is -2.03. The van der Waals surface area contributed by atoms with E-state index >= 15 is 0 Å². The maximum atomic E-state index is 13.3. The molecule has 0 aliphatic carbocycles. The van der Waals surface area contributed by atoms with Gasteiger partial charge >= 0.3 is 5.97 Å². The van der Waals surface area contributed by atoms with E-state index in [1.807, 2.05) is 0 Å². The Morgan fingerprint density at radius 3 is 2.41 bits per heavy atom. The monoisotopic (exact) mass is 242 g/mol. The number of halogens is 3. The zero-order valence-electron chi connectivity index (χ0n) is 8.19. The van der Waals surface area contributed by atoms with Gasteiger partial charge in [0.25, 0.3) is 0 Å². The molecule has 0 spiro atoms. The Kier molecular flexibility index (Phi) is 2.58. The number of benzene rings is 1. The first-order valence-electron chi connectivity index (χ1n) is 4.43. The Morgan fingerprint density at radius 2 is 1.82 bits per heavy atom.